The fourth-order valence-electron chi connectivity index (χ4n) is 2.61. The summed E-state index contributed by atoms with van der Waals surface area (Å²) in [6, 6.07) is 11.6. The minimum absolute atomic E-state index is 0.0359. The number of halogens is 1. The van der Waals surface area contributed by atoms with E-state index in [2.05, 4.69) is 0 Å². The van der Waals surface area contributed by atoms with Crippen LogP contribution in [0.3, 0.4) is 0 Å². The van der Waals surface area contributed by atoms with Crippen LogP contribution in [0, 0.1) is 13.8 Å². The molecule has 6 heteroatoms. The van der Waals surface area contributed by atoms with Gasteiger partial charge in [-0.1, -0.05) is 17.7 Å². The molecule has 0 spiro atoms. The van der Waals surface area contributed by atoms with Gasteiger partial charge in [-0.2, -0.15) is 0 Å². The highest BCUT2D eigenvalue weighted by Gasteiger charge is 2.14. The van der Waals surface area contributed by atoms with Crippen LogP contribution in [-0.2, 0) is 4.74 Å². The van der Waals surface area contributed by atoms with Crippen molar-refractivity contribution in [1.29, 1.82) is 0 Å². The molecule has 0 saturated heterocycles. The quantitative estimate of drug-likeness (QED) is 0.493. The van der Waals surface area contributed by atoms with Gasteiger partial charge in [0.1, 0.15) is 24.5 Å². The Hall–Kier alpha value is -2.79. The molecule has 0 aliphatic carbocycles. The highest BCUT2D eigenvalue weighted by Crippen LogP contribution is 2.18. The maximum absolute atomic E-state index is 12.1. The summed E-state index contributed by atoms with van der Waals surface area (Å²) in [5.41, 5.74) is 2.11. The number of hydrogen-bond acceptors (Lipinski definition) is 5. The minimum Gasteiger partial charge on any atom is -0.490 e. The van der Waals surface area contributed by atoms with E-state index in [-0.39, 0.29) is 30.0 Å². The molecule has 1 heterocycles. The van der Waals surface area contributed by atoms with Crippen LogP contribution in [0.1, 0.15) is 21.7 Å². The van der Waals surface area contributed by atoms with Gasteiger partial charge in [0.25, 0.3) is 0 Å². The number of benzene rings is 2. The first kappa shape index (κ1) is 18.0. The number of fused-ring (bicyclic) bond motifs is 1. The highest BCUT2D eigenvalue weighted by molar-refractivity contribution is 6.31. The molecule has 0 saturated carbocycles. The number of rotatable bonds is 5. The molecule has 1 aromatic heterocycles. The minimum atomic E-state index is -0.719. The molecular weight excluding hydrogens is 356 g/mol. The van der Waals surface area contributed by atoms with E-state index in [0.29, 0.717) is 16.2 Å². The largest absolute Gasteiger partial charge is 0.490 e. The van der Waals surface area contributed by atoms with Crippen molar-refractivity contribution in [1.82, 2.24) is 0 Å². The summed E-state index contributed by atoms with van der Waals surface area (Å²) in [5.74, 6) is -0.160. The van der Waals surface area contributed by atoms with Crippen molar-refractivity contribution in [3.05, 3.63) is 74.6 Å². The Balaban J connectivity index is 1.62. The van der Waals surface area contributed by atoms with Gasteiger partial charge in [-0.3, -0.25) is 4.79 Å². The smallest absolute Gasteiger partial charge is 0.374 e. The van der Waals surface area contributed by atoms with Crippen LogP contribution in [0.5, 0.6) is 5.75 Å². The molecule has 0 N–H and O–H groups in total. The van der Waals surface area contributed by atoms with Gasteiger partial charge in [-0.15, -0.1) is 0 Å². The van der Waals surface area contributed by atoms with Crippen LogP contribution in [0.2, 0.25) is 5.02 Å². The van der Waals surface area contributed by atoms with E-state index in [1.54, 1.807) is 12.1 Å². The maximum atomic E-state index is 12.1. The lowest BCUT2D eigenvalue weighted by Gasteiger charge is -2.09. The van der Waals surface area contributed by atoms with E-state index >= 15 is 0 Å². The molecule has 0 fully saturated rings. The van der Waals surface area contributed by atoms with Gasteiger partial charge < -0.3 is 13.9 Å². The number of aryl methyl sites for hydroxylation is 2. The fourth-order valence-corrected chi connectivity index (χ4v) is 2.78. The van der Waals surface area contributed by atoms with Gasteiger partial charge in [0.2, 0.25) is 5.76 Å². The Labute approximate surface area is 155 Å². The predicted molar refractivity (Wildman–Crippen MR) is 99.2 cm³/mol. The molecule has 134 valence electrons. The first-order valence-electron chi connectivity index (χ1n) is 8.04. The summed E-state index contributed by atoms with van der Waals surface area (Å²) in [4.78, 5) is 24.2. The molecule has 3 rings (SSSR count). The van der Waals surface area contributed by atoms with Gasteiger partial charge in [0, 0.05) is 11.1 Å². The van der Waals surface area contributed by atoms with Crippen LogP contribution in [0.25, 0.3) is 11.0 Å². The second-order valence-corrected chi connectivity index (χ2v) is 6.36. The number of ether oxygens (including phenoxy) is 2. The molecule has 26 heavy (non-hydrogen) atoms. The summed E-state index contributed by atoms with van der Waals surface area (Å²) >= 11 is 5.86. The second kappa shape index (κ2) is 7.62. The van der Waals surface area contributed by atoms with Crippen LogP contribution in [0.4, 0.5) is 0 Å². The average Bonchev–Trinajstić information content (AvgIpc) is 2.58. The van der Waals surface area contributed by atoms with E-state index in [1.165, 1.54) is 6.07 Å². The van der Waals surface area contributed by atoms with E-state index in [1.807, 2.05) is 32.0 Å². The van der Waals surface area contributed by atoms with Gasteiger partial charge in [0.15, 0.2) is 5.43 Å². The molecule has 0 atom stereocenters. The maximum Gasteiger partial charge on any atom is 0.374 e. The van der Waals surface area contributed by atoms with Gasteiger partial charge in [-0.05, 0) is 55.3 Å². The van der Waals surface area contributed by atoms with Crippen LogP contribution >= 0.6 is 11.6 Å². The van der Waals surface area contributed by atoms with Crippen LogP contribution in [-0.4, -0.2) is 19.2 Å². The Kier molecular flexibility index (Phi) is 5.28. The standard InChI is InChI=1S/C20H17ClO5/c1-12-7-13(2)9-15(8-12)24-5-6-25-20(23)19-11-17(22)16-10-14(21)3-4-18(16)26-19/h3-4,7-11H,5-6H2,1-2H3. The Morgan fingerprint density at radius 1 is 1.04 bits per heavy atom. The predicted octanol–water partition coefficient (Wildman–Crippen LogP) is 4.30. The lowest BCUT2D eigenvalue weighted by Crippen LogP contribution is -2.14. The number of hydrogen-bond donors (Lipinski definition) is 0. The monoisotopic (exact) mass is 372 g/mol. The summed E-state index contributed by atoms with van der Waals surface area (Å²) in [6.45, 7) is 4.19. The normalized spacial score (nSPS) is 10.7. The third-order valence-electron chi connectivity index (χ3n) is 3.67. The topological polar surface area (TPSA) is 65.7 Å². The summed E-state index contributed by atoms with van der Waals surface area (Å²) < 4.78 is 16.1. The molecular formula is C20H17ClO5. The first-order valence-corrected chi connectivity index (χ1v) is 8.42. The van der Waals surface area contributed by atoms with Gasteiger partial charge >= 0.3 is 5.97 Å². The second-order valence-electron chi connectivity index (χ2n) is 5.92. The van der Waals surface area contributed by atoms with Crippen LogP contribution < -0.4 is 10.2 Å². The van der Waals surface area contributed by atoms with Gasteiger partial charge in [-0.25, -0.2) is 4.79 Å². The molecule has 0 radical (unpaired) electrons. The zero-order chi connectivity index (χ0) is 18.7. The van der Waals surface area contributed by atoms with Gasteiger partial charge in [0.05, 0.1) is 5.39 Å². The van der Waals surface area contributed by atoms with Crippen molar-refractivity contribution >= 4 is 28.5 Å². The van der Waals surface area contributed by atoms with E-state index < -0.39 is 5.97 Å². The fraction of sp³-hybridized carbons (Fsp3) is 0.200. The van der Waals surface area contributed by atoms with Crippen molar-refractivity contribution in [3.8, 4) is 5.75 Å². The molecule has 0 aliphatic rings. The summed E-state index contributed by atoms with van der Waals surface area (Å²) in [7, 11) is 0. The zero-order valence-corrected chi connectivity index (χ0v) is 15.1. The average molecular weight is 373 g/mol. The molecule has 3 aromatic rings. The van der Waals surface area contributed by atoms with E-state index in [4.69, 9.17) is 25.5 Å². The Morgan fingerprint density at radius 2 is 1.77 bits per heavy atom. The molecule has 5 nitrogen and oxygen atoms in total. The Bertz CT molecular complexity index is 1000. The van der Waals surface area contributed by atoms with Crippen molar-refractivity contribution < 1.29 is 18.7 Å². The van der Waals surface area contributed by atoms with Crippen molar-refractivity contribution in [2.45, 2.75) is 13.8 Å². The molecule has 0 aliphatic heterocycles. The third kappa shape index (κ3) is 4.24. The van der Waals surface area contributed by atoms with Crippen molar-refractivity contribution in [3.63, 3.8) is 0 Å². The van der Waals surface area contributed by atoms with Crippen molar-refractivity contribution in [2.75, 3.05) is 13.2 Å². The Morgan fingerprint density at radius 3 is 2.50 bits per heavy atom. The number of esters is 1. The number of carbonyl (C=O) groups is 1. The number of carbonyl (C=O) groups excluding carboxylic acids is 1. The summed E-state index contributed by atoms with van der Waals surface area (Å²) in [5, 5.41) is 0.732. The van der Waals surface area contributed by atoms with E-state index in [0.717, 1.165) is 17.2 Å². The SMILES string of the molecule is Cc1cc(C)cc(OCCOC(=O)c2cc(=O)c3cc(Cl)ccc3o2)c1. The first-order chi connectivity index (χ1) is 12.4. The highest BCUT2D eigenvalue weighted by atomic mass is 35.5. The zero-order valence-electron chi connectivity index (χ0n) is 14.4. The third-order valence-corrected chi connectivity index (χ3v) is 3.91. The lowest BCUT2D eigenvalue weighted by molar-refractivity contribution is 0.0415. The van der Waals surface area contributed by atoms with Crippen LogP contribution in [0.15, 0.2) is 51.7 Å². The summed E-state index contributed by atoms with van der Waals surface area (Å²) in [6.07, 6.45) is 0. The molecule has 0 amide bonds. The lowest BCUT2D eigenvalue weighted by atomic mass is 10.1. The van der Waals surface area contributed by atoms with E-state index in [9.17, 15) is 9.59 Å². The van der Waals surface area contributed by atoms with Crippen molar-refractivity contribution in [2.24, 2.45) is 0 Å². The molecule has 2 aromatic carbocycles. The molecule has 0 unspecified atom stereocenters. The molecule has 0 bridgehead atoms.